The molecule has 1 saturated heterocycles. The van der Waals surface area contributed by atoms with Gasteiger partial charge in [0.2, 0.25) is 0 Å². The average molecular weight is 493 g/mol. The van der Waals surface area contributed by atoms with Crippen LogP contribution in [0.15, 0.2) is 70.0 Å². The molecule has 2 heterocycles. The lowest BCUT2D eigenvalue weighted by molar-refractivity contribution is 0.0596. The summed E-state index contributed by atoms with van der Waals surface area (Å²) in [6, 6.07) is 17.7. The van der Waals surface area contributed by atoms with Crippen molar-refractivity contribution in [2.75, 3.05) is 26.2 Å². The van der Waals surface area contributed by atoms with Crippen LogP contribution in [-0.4, -0.2) is 50.3 Å². The van der Waals surface area contributed by atoms with Crippen LogP contribution in [0.3, 0.4) is 0 Å². The quantitative estimate of drug-likeness (QED) is 0.505. The molecule has 0 spiro atoms. The number of nitrogens with zero attached hydrogens (tertiary/aromatic N) is 2. The molecule has 0 N–H and O–H groups in total. The first kappa shape index (κ1) is 22.9. The van der Waals surface area contributed by atoms with Gasteiger partial charge in [0.25, 0.3) is 5.91 Å². The van der Waals surface area contributed by atoms with Gasteiger partial charge in [-0.3, -0.25) is 9.69 Å². The largest absolute Gasteiger partial charge is 0.455 e. The van der Waals surface area contributed by atoms with Crippen LogP contribution in [0.4, 0.5) is 0 Å². The molecule has 0 saturated carbocycles. The van der Waals surface area contributed by atoms with E-state index in [-0.39, 0.29) is 32.4 Å². The molecule has 3 aromatic rings. The zero-order chi connectivity index (χ0) is 22.7. The van der Waals surface area contributed by atoms with Gasteiger partial charge in [0.05, 0.1) is 10.0 Å². The molecule has 4 rings (SSSR count). The van der Waals surface area contributed by atoms with Crippen LogP contribution in [0.1, 0.15) is 21.9 Å². The lowest BCUT2D eigenvalue weighted by Crippen LogP contribution is -2.48. The number of carbonyl (C=O) groups is 1. The highest BCUT2D eigenvalue weighted by molar-refractivity contribution is 7.90. The lowest BCUT2D eigenvalue weighted by Gasteiger charge is -2.34. The predicted octanol–water partition coefficient (Wildman–Crippen LogP) is 4.52. The van der Waals surface area contributed by atoms with Gasteiger partial charge in [-0.25, -0.2) is 8.42 Å². The SMILES string of the molecule is O=C(c1ccc(CS(=O)(=O)c2c(Cl)cccc2Cl)o1)N1CCN(Cc2ccccc2)CC1. The number of hydrogen-bond donors (Lipinski definition) is 0. The van der Waals surface area contributed by atoms with Crippen LogP contribution in [0.2, 0.25) is 10.0 Å². The highest BCUT2D eigenvalue weighted by Gasteiger charge is 2.27. The van der Waals surface area contributed by atoms with Gasteiger partial charge in [0.15, 0.2) is 15.6 Å². The van der Waals surface area contributed by atoms with E-state index >= 15 is 0 Å². The van der Waals surface area contributed by atoms with E-state index in [9.17, 15) is 13.2 Å². The Bertz CT molecular complexity index is 1180. The van der Waals surface area contributed by atoms with Crippen LogP contribution < -0.4 is 0 Å². The third-order valence-corrected chi connectivity index (χ3v) is 7.92. The number of sulfone groups is 1. The Morgan fingerprint density at radius 2 is 1.53 bits per heavy atom. The van der Waals surface area contributed by atoms with E-state index < -0.39 is 15.6 Å². The van der Waals surface area contributed by atoms with Crippen LogP contribution in [-0.2, 0) is 22.1 Å². The van der Waals surface area contributed by atoms with Crippen molar-refractivity contribution in [3.8, 4) is 0 Å². The summed E-state index contributed by atoms with van der Waals surface area (Å²) >= 11 is 12.1. The molecule has 6 nitrogen and oxygen atoms in total. The number of benzene rings is 2. The normalized spacial score (nSPS) is 15.1. The van der Waals surface area contributed by atoms with E-state index in [1.54, 1.807) is 11.0 Å². The van der Waals surface area contributed by atoms with Crippen molar-refractivity contribution < 1.29 is 17.6 Å². The number of amides is 1. The summed E-state index contributed by atoms with van der Waals surface area (Å²) in [6.45, 7) is 3.52. The second-order valence-corrected chi connectivity index (χ2v) is 10.4. The molecule has 0 unspecified atom stereocenters. The minimum Gasteiger partial charge on any atom is -0.455 e. The van der Waals surface area contributed by atoms with Crippen molar-refractivity contribution in [1.29, 1.82) is 0 Å². The summed E-state index contributed by atoms with van der Waals surface area (Å²) in [5, 5.41) is 0.0995. The Hall–Kier alpha value is -2.32. The first-order valence-electron chi connectivity index (χ1n) is 10.1. The standard InChI is InChI=1S/C23H22Cl2N2O4S/c24-19-7-4-8-20(25)22(19)32(29,30)16-18-9-10-21(31-18)23(28)27-13-11-26(12-14-27)15-17-5-2-1-3-6-17/h1-10H,11-16H2. The van der Waals surface area contributed by atoms with Crippen molar-refractivity contribution in [3.05, 3.63) is 87.8 Å². The summed E-state index contributed by atoms with van der Waals surface area (Å²) < 4.78 is 31.1. The zero-order valence-corrected chi connectivity index (χ0v) is 19.5. The molecule has 168 valence electrons. The second-order valence-electron chi connectivity index (χ2n) is 7.63. The third kappa shape index (κ3) is 5.18. The van der Waals surface area contributed by atoms with Crippen LogP contribution in [0, 0.1) is 0 Å². The second kappa shape index (κ2) is 9.67. The summed E-state index contributed by atoms with van der Waals surface area (Å²) in [7, 11) is -3.84. The predicted molar refractivity (Wildman–Crippen MR) is 124 cm³/mol. The summed E-state index contributed by atoms with van der Waals surface area (Å²) in [6.07, 6.45) is 0. The maximum Gasteiger partial charge on any atom is 0.289 e. The zero-order valence-electron chi connectivity index (χ0n) is 17.2. The van der Waals surface area contributed by atoms with Gasteiger partial charge in [-0.2, -0.15) is 0 Å². The Morgan fingerprint density at radius 1 is 0.875 bits per heavy atom. The maximum atomic E-state index is 12.8. The van der Waals surface area contributed by atoms with Gasteiger partial charge >= 0.3 is 0 Å². The van der Waals surface area contributed by atoms with Crippen molar-refractivity contribution in [2.45, 2.75) is 17.2 Å². The smallest absolute Gasteiger partial charge is 0.289 e. The van der Waals surface area contributed by atoms with E-state index in [0.717, 1.165) is 19.6 Å². The molecule has 0 radical (unpaired) electrons. The number of halogens is 2. The van der Waals surface area contributed by atoms with Crippen LogP contribution in [0.25, 0.3) is 0 Å². The number of piperazine rings is 1. The fourth-order valence-corrected chi connectivity index (χ4v) is 6.22. The molecule has 0 bridgehead atoms. The average Bonchev–Trinajstić information content (AvgIpc) is 3.22. The summed E-state index contributed by atoms with van der Waals surface area (Å²) in [4.78, 5) is 16.7. The van der Waals surface area contributed by atoms with E-state index in [1.165, 1.54) is 29.8 Å². The molecule has 1 aromatic heterocycles. The molecule has 1 fully saturated rings. The highest BCUT2D eigenvalue weighted by atomic mass is 35.5. The Labute approximate surface area is 197 Å². The molecule has 32 heavy (non-hydrogen) atoms. The maximum absolute atomic E-state index is 12.8. The van der Waals surface area contributed by atoms with Gasteiger partial charge in [-0.15, -0.1) is 0 Å². The van der Waals surface area contributed by atoms with Gasteiger partial charge in [-0.05, 0) is 29.8 Å². The molecular formula is C23H22Cl2N2O4S. The van der Waals surface area contributed by atoms with E-state index in [0.29, 0.717) is 13.1 Å². The number of rotatable bonds is 6. The lowest BCUT2D eigenvalue weighted by atomic mass is 10.2. The van der Waals surface area contributed by atoms with E-state index in [4.69, 9.17) is 27.6 Å². The highest BCUT2D eigenvalue weighted by Crippen LogP contribution is 2.31. The fraction of sp³-hybridized carbons (Fsp3) is 0.261. The van der Waals surface area contributed by atoms with E-state index in [1.807, 2.05) is 18.2 Å². The van der Waals surface area contributed by atoms with Crippen molar-refractivity contribution in [1.82, 2.24) is 9.80 Å². The van der Waals surface area contributed by atoms with E-state index in [2.05, 4.69) is 17.0 Å². The molecule has 0 aliphatic carbocycles. The van der Waals surface area contributed by atoms with Crippen molar-refractivity contribution >= 4 is 38.9 Å². The van der Waals surface area contributed by atoms with Crippen molar-refractivity contribution in [3.63, 3.8) is 0 Å². The monoisotopic (exact) mass is 492 g/mol. The number of hydrogen-bond acceptors (Lipinski definition) is 5. The Balaban J connectivity index is 1.38. The topological polar surface area (TPSA) is 70.8 Å². The van der Waals surface area contributed by atoms with Crippen molar-refractivity contribution in [2.24, 2.45) is 0 Å². The van der Waals surface area contributed by atoms with Gasteiger partial charge in [-0.1, -0.05) is 59.6 Å². The molecule has 1 amide bonds. The Kier molecular flexibility index (Phi) is 6.90. The number of carbonyl (C=O) groups excluding carboxylic acids is 1. The van der Waals surface area contributed by atoms with Gasteiger partial charge in [0, 0.05) is 32.7 Å². The summed E-state index contributed by atoms with van der Waals surface area (Å²) in [5.41, 5.74) is 1.24. The molecule has 1 aliphatic heterocycles. The van der Waals surface area contributed by atoms with Gasteiger partial charge < -0.3 is 9.32 Å². The van der Waals surface area contributed by atoms with Crippen LogP contribution >= 0.6 is 23.2 Å². The first-order chi connectivity index (χ1) is 15.3. The fourth-order valence-electron chi connectivity index (χ4n) is 3.72. The Morgan fingerprint density at radius 3 is 2.19 bits per heavy atom. The first-order valence-corrected chi connectivity index (χ1v) is 12.6. The molecular weight excluding hydrogens is 471 g/mol. The number of furan rings is 1. The minimum atomic E-state index is -3.84. The third-order valence-electron chi connectivity index (χ3n) is 5.34. The molecule has 9 heteroatoms. The summed E-state index contributed by atoms with van der Waals surface area (Å²) in [5.74, 6) is -0.401. The molecule has 2 aromatic carbocycles. The molecule has 0 atom stereocenters. The van der Waals surface area contributed by atoms with Crippen LogP contribution in [0.5, 0.6) is 0 Å². The van der Waals surface area contributed by atoms with Gasteiger partial charge in [0.1, 0.15) is 16.4 Å². The molecule has 1 aliphatic rings. The minimum absolute atomic E-state index is 0.0497.